The van der Waals surface area contributed by atoms with E-state index in [-0.39, 0.29) is 18.9 Å². The van der Waals surface area contributed by atoms with Gasteiger partial charge in [-0.3, -0.25) is 0 Å². The second-order valence-corrected chi connectivity index (χ2v) is 5.76. The largest absolute Gasteiger partial charge is 0.463 e. The van der Waals surface area contributed by atoms with Crippen molar-refractivity contribution < 1.29 is 19.1 Å². The maximum atomic E-state index is 12.6. The molecule has 0 spiro atoms. The molecular weight excluding hydrogens is 336 g/mol. The fourth-order valence-electron chi connectivity index (χ4n) is 3.01. The van der Waals surface area contributed by atoms with Crippen molar-refractivity contribution in [3.8, 4) is 0 Å². The number of carbonyl (C=O) groups is 2. The third-order valence-electron chi connectivity index (χ3n) is 4.08. The monoisotopic (exact) mass is 358 g/mol. The van der Waals surface area contributed by atoms with Gasteiger partial charge in [-0.15, -0.1) is 4.91 Å². The molecule has 1 heterocycles. The van der Waals surface area contributed by atoms with Crippen LogP contribution < -0.4 is 5.32 Å². The Labute approximate surface area is 152 Å². The molecule has 26 heavy (non-hydrogen) atoms. The van der Waals surface area contributed by atoms with Crippen molar-refractivity contribution in [2.75, 3.05) is 13.2 Å². The Morgan fingerprint density at radius 1 is 0.962 bits per heavy atom. The van der Waals surface area contributed by atoms with E-state index in [1.807, 2.05) is 0 Å². The molecule has 1 aromatic rings. The second-order valence-electron chi connectivity index (χ2n) is 5.76. The number of carbonyl (C=O) groups excluding carboxylic acids is 2. The smallest absolute Gasteiger partial charge is 0.336 e. The molecule has 1 aliphatic rings. The third-order valence-corrected chi connectivity index (χ3v) is 4.08. The Bertz CT molecular complexity index is 738. The molecule has 2 rings (SSSR count). The fraction of sp³-hybridized carbons (Fsp3) is 0.368. The summed E-state index contributed by atoms with van der Waals surface area (Å²) in [7, 11) is 0. The van der Waals surface area contributed by atoms with E-state index >= 15 is 0 Å². The van der Waals surface area contributed by atoms with Gasteiger partial charge in [0, 0.05) is 11.4 Å². The van der Waals surface area contributed by atoms with E-state index in [1.54, 1.807) is 52.0 Å². The predicted molar refractivity (Wildman–Crippen MR) is 96.4 cm³/mol. The number of rotatable bonds is 6. The molecule has 0 saturated heterocycles. The van der Waals surface area contributed by atoms with Gasteiger partial charge in [-0.2, -0.15) is 0 Å². The predicted octanol–water partition coefficient (Wildman–Crippen LogP) is 3.45. The van der Waals surface area contributed by atoms with Gasteiger partial charge in [0.2, 0.25) is 0 Å². The number of nitrogens with one attached hydrogen (secondary N) is 1. The van der Waals surface area contributed by atoms with Gasteiger partial charge >= 0.3 is 11.9 Å². The van der Waals surface area contributed by atoms with Crippen LogP contribution >= 0.6 is 0 Å². The first-order valence-corrected chi connectivity index (χ1v) is 8.40. The van der Waals surface area contributed by atoms with Gasteiger partial charge in [0.1, 0.15) is 5.69 Å². The highest BCUT2D eigenvalue weighted by atomic mass is 16.5. The first-order valence-electron chi connectivity index (χ1n) is 8.40. The van der Waals surface area contributed by atoms with Gasteiger partial charge in [0.05, 0.1) is 30.3 Å². The third kappa shape index (κ3) is 3.82. The standard InChI is InChI=1S/C19H22N2O5/c1-5-25-18(22)15-11(3)20-12(4)16(19(23)26-6-2)17(15)13-7-9-14(21-24)10-8-13/h7-10,17,20H,5-6H2,1-4H3. The summed E-state index contributed by atoms with van der Waals surface area (Å²) in [6.45, 7) is 7.38. The van der Waals surface area contributed by atoms with E-state index in [1.165, 1.54) is 0 Å². The number of hydrogen-bond donors (Lipinski definition) is 1. The quantitative estimate of drug-likeness (QED) is 0.618. The van der Waals surface area contributed by atoms with E-state index in [0.717, 1.165) is 0 Å². The van der Waals surface area contributed by atoms with Crippen molar-refractivity contribution in [2.24, 2.45) is 5.18 Å². The minimum atomic E-state index is -0.657. The molecule has 0 saturated carbocycles. The first kappa shape index (κ1) is 19.4. The number of dihydropyridines is 1. The van der Waals surface area contributed by atoms with Crippen molar-refractivity contribution in [3.63, 3.8) is 0 Å². The summed E-state index contributed by atoms with van der Waals surface area (Å²) in [5.74, 6) is -1.67. The lowest BCUT2D eigenvalue weighted by molar-refractivity contribution is -0.139. The zero-order valence-corrected chi connectivity index (χ0v) is 15.3. The molecule has 1 aliphatic heterocycles. The van der Waals surface area contributed by atoms with Gasteiger partial charge in [-0.05, 0) is 50.6 Å². The molecule has 0 aliphatic carbocycles. The molecule has 7 nitrogen and oxygen atoms in total. The van der Waals surface area contributed by atoms with E-state index in [2.05, 4.69) is 10.5 Å². The van der Waals surface area contributed by atoms with Crippen LogP contribution in [-0.4, -0.2) is 25.2 Å². The summed E-state index contributed by atoms with van der Waals surface area (Å²) in [4.78, 5) is 35.9. The Morgan fingerprint density at radius 3 is 1.81 bits per heavy atom. The lowest BCUT2D eigenvalue weighted by atomic mass is 9.80. The molecule has 138 valence electrons. The van der Waals surface area contributed by atoms with Crippen molar-refractivity contribution >= 4 is 17.6 Å². The number of allylic oxidation sites excluding steroid dienone is 2. The molecule has 1 aromatic carbocycles. The van der Waals surface area contributed by atoms with Gasteiger partial charge in [-0.1, -0.05) is 12.1 Å². The first-order chi connectivity index (χ1) is 12.4. The van der Waals surface area contributed by atoms with E-state index < -0.39 is 17.9 Å². The number of benzene rings is 1. The van der Waals surface area contributed by atoms with Crippen molar-refractivity contribution in [1.82, 2.24) is 5.32 Å². The second kappa shape index (κ2) is 8.42. The van der Waals surface area contributed by atoms with Gasteiger partial charge in [-0.25, -0.2) is 9.59 Å². The molecular formula is C19H22N2O5. The van der Waals surface area contributed by atoms with Crippen LogP contribution in [0.25, 0.3) is 0 Å². The number of nitroso groups, excluding NO2 is 1. The van der Waals surface area contributed by atoms with Gasteiger partial charge in [0.25, 0.3) is 0 Å². The molecule has 1 N–H and O–H groups in total. The van der Waals surface area contributed by atoms with E-state index in [9.17, 15) is 14.5 Å². The van der Waals surface area contributed by atoms with Crippen LogP contribution in [0.5, 0.6) is 0 Å². The van der Waals surface area contributed by atoms with Crippen LogP contribution in [0.1, 0.15) is 39.2 Å². The van der Waals surface area contributed by atoms with Crippen LogP contribution in [0.2, 0.25) is 0 Å². The molecule has 0 bridgehead atoms. The normalized spacial score (nSPS) is 14.8. The maximum Gasteiger partial charge on any atom is 0.336 e. The minimum absolute atomic E-state index is 0.216. The number of ether oxygens (including phenoxy) is 2. The fourth-order valence-corrected chi connectivity index (χ4v) is 3.01. The Morgan fingerprint density at radius 2 is 1.42 bits per heavy atom. The van der Waals surface area contributed by atoms with E-state index in [4.69, 9.17) is 9.47 Å². The van der Waals surface area contributed by atoms with Gasteiger partial charge in [0.15, 0.2) is 0 Å². The maximum absolute atomic E-state index is 12.6. The average molecular weight is 358 g/mol. The highest BCUT2D eigenvalue weighted by Crippen LogP contribution is 2.39. The lowest BCUT2D eigenvalue weighted by Gasteiger charge is -2.30. The van der Waals surface area contributed by atoms with Crippen molar-refractivity contribution in [2.45, 2.75) is 33.6 Å². The molecule has 0 atom stereocenters. The average Bonchev–Trinajstić information content (AvgIpc) is 2.61. The summed E-state index contributed by atoms with van der Waals surface area (Å²) in [5, 5.41) is 5.95. The van der Waals surface area contributed by atoms with Crippen LogP contribution in [0.4, 0.5) is 5.69 Å². The summed E-state index contributed by atoms with van der Waals surface area (Å²) in [5.41, 5.74) is 2.83. The Hall–Kier alpha value is -2.96. The zero-order valence-electron chi connectivity index (χ0n) is 15.3. The summed E-state index contributed by atoms with van der Waals surface area (Å²) in [6, 6.07) is 6.43. The minimum Gasteiger partial charge on any atom is -0.463 e. The molecule has 0 unspecified atom stereocenters. The highest BCUT2D eigenvalue weighted by molar-refractivity contribution is 5.99. The lowest BCUT2D eigenvalue weighted by Crippen LogP contribution is -2.32. The van der Waals surface area contributed by atoms with Crippen LogP contribution in [0.15, 0.2) is 52.0 Å². The zero-order chi connectivity index (χ0) is 19.3. The Kier molecular flexibility index (Phi) is 6.27. The molecule has 0 aromatic heterocycles. The summed E-state index contributed by atoms with van der Waals surface area (Å²) >= 11 is 0. The molecule has 0 radical (unpaired) electrons. The van der Waals surface area contributed by atoms with Gasteiger partial charge < -0.3 is 14.8 Å². The number of hydrogen-bond acceptors (Lipinski definition) is 7. The van der Waals surface area contributed by atoms with Crippen LogP contribution in [0.3, 0.4) is 0 Å². The SMILES string of the molecule is CCOC(=O)C1=C(C)NC(C)=C(C(=O)OCC)C1c1ccc(N=O)cc1. The van der Waals surface area contributed by atoms with E-state index in [0.29, 0.717) is 28.1 Å². The molecule has 0 fully saturated rings. The van der Waals surface area contributed by atoms with Crippen molar-refractivity contribution in [1.29, 1.82) is 0 Å². The van der Waals surface area contributed by atoms with Crippen molar-refractivity contribution in [3.05, 3.63) is 57.3 Å². The highest BCUT2D eigenvalue weighted by Gasteiger charge is 2.37. The van der Waals surface area contributed by atoms with Crippen LogP contribution in [0, 0.1) is 4.91 Å². The number of esters is 2. The molecule has 7 heteroatoms. The topological polar surface area (TPSA) is 94.1 Å². The number of nitrogens with zero attached hydrogens (tertiary/aromatic N) is 1. The Balaban J connectivity index is 2.62. The summed E-state index contributed by atoms with van der Waals surface area (Å²) < 4.78 is 10.4. The molecule has 0 amide bonds. The summed E-state index contributed by atoms with van der Waals surface area (Å²) in [6.07, 6.45) is 0. The van der Waals surface area contributed by atoms with Crippen LogP contribution in [-0.2, 0) is 19.1 Å².